The minimum absolute atomic E-state index is 0.132. The van der Waals surface area contributed by atoms with Crippen molar-refractivity contribution in [3.63, 3.8) is 0 Å². The Hall–Kier alpha value is -1.27. The Morgan fingerprint density at radius 1 is 1.35 bits per heavy atom. The Labute approximate surface area is 123 Å². The molecule has 0 aromatic heterocycles. The van der Waals surface area contributed by atoms with Gasteiger partial charge in [0, 0.05) is 22.4 Å². The molecule has 2 rings (SSSR count). The SMILES string of the molecule is CSCc1ccccc1NC(=O)C1=CS(=O)(=O)CCC1. The van der Waals surface area contributed by atoms with Crippen LogP contribution in [0.15, 0.2) is 35.2 Å². The number of carbonyl (C=O) groups is 1. The van der Waals surface area contributed by atoms with E-state index in [4.69, 9.17) is 0 Å². The van der Waals surface area contributed by atoms with Crippen LogP contribution in [-0.4, -0.2) is 26.3 Å². The van der Waals surface area contributed by atoms with E-state index in [1.807, 2.05) is 30.5 Å². The second kappa shape index (κ2) is 6.45. The molecule has 1 aromatic rings. The van der Waals surface area contributed by atoms with Crippen LogP contribution < -0.4 is 5.32 Å². The van der Waals surface area contributed by atoms with Crippen molar-refractivity contribution in [2.75, 3.05) is 17.3 Å². The molecular weight excluding hydrogens is 294 g/mol. The quantitative estimate of drug-likeness (QED) is 0.928. The molecule has 20 heavy (non-hydrogen) atoms. The number of para-hydroxylation sites is 1. The summed E-state index contributed by atoms with van der Waals surface area (Å²) in [5.74, 6) is 0.613. The Morgan fingerprint density at radius 2 is 2.10 bits per heavy atom. The van der Waals surface area contributed by atoms with Gasteiger partial charge in [0.05, 0.1) is 5.75 Å². The molecule has 0 aliphatic carbocycles. The maximum Gasteiger partial charge on any atom is 0.252 e. The predicted octanol–water partition coefficient (Wildman–Crippen LogP) is 2.58. The molecule has 1 amide bonds. The van der Waals surface area contributed by atoms with Crippen LogP contribution >= 0.6 is 11.8 Å². The molecule has 108 valence electrons. The summed E-state index contributed by atoms with van der Waals surface area (Å²) in [7, 11) is -3.22. The molecular formula is C14H17NO3S2. The summed E-state index contributed by atoms with van der Waals surface area (Å²) in [5, 5.41) is 3.93. The first-order valence-corrected chi connectivity index (χ1v) is 9.44. The van der Waals surface area contributed by atoms with Crippen molar-refractivity contribution >= 4 is 33.2 Å². The van der Waals surface area contributed by atoms with E-state index in [9.17, 15) is 13.2 Å². The van der Waals surface area contributed by atoms with Gasteiger partial charge in [-0.15, -0.1) is 0 Å². The molecule has 1 aromatic carbocycles. The lowest BCUT2D eigenvalue weighted by Crippen LogP contribution is -2.20. The van der Waals surface area contributed by atoms with E-state index in [2.05, 4.69) is 5.32 Å². The maximum atomic E-state index is 12.2. The first-order valence-electron chi connectivity index (χ1n) is 6.33. The van der Waals surface area contributed by atoms with Gasteiger partial charge < -0.3 is 5.32 Å². The van der Waals surface area contributed by atoms with Crippen LogP contribution in [0, 0.1) is 0 Å². The fraction of sp³-hybridized carbons (Fsp3) is 0.357. The van der Waals surface area contributed by atoms with Gasteiger partial charge in [-0.05, 0) is 30.7 Å². The van der Waals surface area contributed by atoms with Crippen LogP contribution in [-0.2, 0) is 20.4 Å². The van der Waals surface area contributed by atoms with Crippen molar-refractivity contribution in [1.29, 1.82) is 0 Å². The lowest BCUT2D eigenvalue weighted by atomic mass is 10.1. The van der Waals surface area contributed by atoms with Crippen molar-refractivity contribution in [2.45, 2.75) is 18.6 Å². The highest BCUT2D eigenvalue weighted by Gasteiger charge is 2.21. The van der Waals surface area contributed by atoms with Gasteiger partial charge in [0.15, 0.2) is 9.84 Å². The molecule has 0 atom stereocenters. The van der Waals surface area contributed by atoms with Crippen molar-refractivity contribution in [2.24, 2.45) is 0 Å². The molecule has 0 radical (unpaired) electrons. The lowest BCUT2D eigenvalue weighted by Gasteiger charge is -2.15. The van der Waals surface area contributed by atoms with Crippen LogP contribution in [0.5, 0.6) is 0 Å². The third-order valence-corrected chi connectivity index (χ3v) is 5.15. The highest BCUT2D eigenvalue weighted by atomic mass is 32.2. The van der Waals surface area contributed by atoms with Crippen molar-refractivity contribution < 1.29 is 13.2 Å². The molecule has 0 bridgehead atoms. The van der Waals surface area contributed by atoms with E-state index in [0.717, 1.165) is 22.4 Å². The number of thioether (sulfide) groups is 1. The van der Waals surface area contributed by atoms with Gasteiger partial charge in [-0.1, -0.05) is 18.2 Å². The minimum Gasteiger partial charge on any atom is -0.322 e. The smallest absolute Gasteiger partial charge is 0.252 e. The number of rotatable bonds is 4. The van der Waals surface area contributed by atoms with Crippen LogP contribution in [0.2, 0.25) is 0 Å². The number of sulfone groups is 1. The minimum atomic E-state index is -3.22. The molecule has 0 fully saturated rings. The third kappa shape index (κ3) is 3.86. The third-order valence-electron chi connectivity index (χ3n) is 3.05. The molecule has 1 aliphatic heterocycles. The zero-order valence-electron chi connectivity index (χ0n) is 11.3. The largest absolute Gasteiger partial charge is 0.322 e. The Morgan fingerprint density at radius 3 is 2.80 bits per heavy atom. The zero-order chi connectivity index (χ0) is 14.6. The summed E-state index contributed by atoms with van der Waals surface area (Å²) in [6, 6.07) is 7.57. The molecule has 1 heterocycles. The van der Waals surface area contributed by atoms with E-state index < -0.39 is 9.84 Å². The van der Waals surface area contributed by atoms with Crippen LogP contribution in [0.4, 0.5) is 5.69 Å². The molecule has 1 N–H and O–H groups in total. The molecule has 6 heteroatoms. The van der Waals surface area contributed by atoms with Gasteiger partial charge >= 0.3 is 0 Å². The van der Waals surface area contributed by atoms with Gasteiger partial charge in [-0.25, -0.2) is 8.42 Å². The first kappa shape index (κ1) is 15.1. The van der Waals surface area contributed by atoms with Gasteiger partial charge in [0.1, 0.15) is 0 Å². The number of hydrogen-bond donors (Lipinski definition) is 1. The fourth-order valence-electron chi connectivity index (χ4n) is 2.09. The summed E-state index contributed by atoms with van der Waals surface area (Å²) in [6.45, 7) is 0. The van der Waals surface area contributed by atoms with Crippen molar-refractivity contribution in [3.8, 4) is 0 Å². The first-order chi connectivity index (χ1) is 9.52. The molecule has 4 nitrogen and oxygen atoms in total. The summed E-state index contributed by atoms with van der Waals surface area (Å²) >= 11 is 1.67. The van der Waals surface area contributed by atoms with E-state index in [0.29, 0.717) is 18.4 Å². The molecule has 0 saturated heterocycles. The van der Waals surface area contributed by atoms with Gasteiger partial charge in [-0.3, -0.25) is 4.79 Å². The van der Waals surface area contributed by atoms with Crippen molar-refractivity contribution in [3.05, 3.63) is 40.8 Å². The topological polar surface area (TPSA) is 63.2 Å². The molecule has 1 aliphatic rings. The number of benzene rings is 1. The Bertz CT molecular complexity index is 636. The summed E-state index contributed by atoms with van der Waals surface area (Å²) in [5.41, 5.74) is 2.12. The Balaban J connectivity index is 2.18. The van der Waals surface area contributed by atoms with Crippen LogP contribution in [0.25, 0.3) is 0 Å². The maximum absolute atomic E-state index is 12.2. The number of amides is 1. The second-order valence-corrected chi connectivity index (χ2v) is 7.49. The average Bonchev–Trinajstić information content (AvgIpc) is 2.40. The summed E-state index contributed by atoms with van der Waals surface area (Å²) in [4.78, 5) is 12.2. The fourth-order valence-corrected chi connectivity index (χ4v) is 3.98. The van der Waals surface area contributed by atoms with Crippen LogP contribution in [0.1, 0.15) is 18.4 Å². The number of nitrogens with one attached hydrogen (secondary N) is 1. The number of hydrogen-bond acceptors (Lipinski definition) is 4. The van der Waals surface area contributed by atoms with Gasteiger partial charge in [0.25, 0.3) is 5.91 Å². The second-order valence-electron chi connectivity index (χ2n) is 4.66. The van der Waals surface area contributed by atoms with Gasteiger partial charge in [0.2, 0.25) is 0 Å². The van der Waals surface area contributed by atoms with Crippen LogP contribution in [0.3, 0.4) is 0 Å². The van der Waals surface area contributed by atoms with E-state index >= 15 is 0 Å². The Kier molecular flexibility index (Phi) is 4.88. The standard InChI is InChI=1S/C14H17NO3S2/c1-19-9-11-5-2-3-7-13(11)15-14(16)12-6-4-8-20(17,18)10-12/h2-3,5,7,10H,4,6,8-9H2,1H3,(H,15,16). The summed E-state index contributed by atoms with van der Waals surface area (Å²) in [6.07, 6.45) is 3.01. The molecule has 0 unspecified atom stereocenters. The van der Waals surface area contributed by atoms with Crippen molar-refractivity contribution in [1.82, 2.24) is 0 Å². The summed E-state index contributed by atoms with van der Waals surface area (Å²) < 4.78 is 23.1. The highest BCUT2D eigenvalue weighted by Crippen LogP contribution is 2.22. The van der Waals surface area contributed by atoms with Gasteiger partial charge in [-0.2, -0.15) is 11.8 Å². The predicted molar refractivity (Wildman–Crippen MR) is 83.4 cm³/mol. The molecule has 0 spiro atoms. The average molecular weight is 311 g/mol. The normalized spacial score (nSPS) is 17.4. The number of anilines is 1. The highest BCUT2D eigenvalue weighted by molar-refractivity contribution is 7.97. The molecule has 0 saturated carbocycles. The zero-order valence-corrected chi connectivity index (χ0v) is 12.9. The number of carbonyl (C=O) groups excluding carboxylic acids is 1. The van der Waals surface area contributed by atoms with E-state index in [-0.39, 0.29) is 11.7 Å². The monoisotopic (exact) mass is 311 g/mol. The van der Waals surface area contributed by atoms with E-state index in [1.54, 1.807) is 11.8 Å². The lowest BCUT2D eigenvalue weighted by molar-refractivity contribution is -0.113. The van der Waals surface area contributed by atoms with E-state index in [1.165, 1.54) is 0 Å².